The van der Waals surface area contributed by atoms with Gasteiger partial charge in [0.25, 0.3) is 0 Å². The van der Waals surface area contributed by atoms with E-state index in [4.69, 9.17) is 5.11 Å². The molecule has 0 aromatic rings. The number of aliphatic carboxylic acids is 1. The number of carbonyl (C=O) groups is 2. The Morgan fingerprint density at radius 1 is 1.44 bits per heavy atom. The van der Waals surface area contributed by atoms with Crippen LogP contribution < -0.4 is 0 Å². The summed E-state index contributed by atoms with van der Waals surface area (Å²) in [6.45, 7) is 3.06. The number of hydrogen-bond donors (Lipinski definition) is 1. The van der Waals surface area contributed by atoms with Crippen LogP contribution in [0.1, 0.15) is 19.8 Å². The van der Waals surface area contributed by atoms with E-state index in [9.17, 15) is 9.59 Å². The van der Waals surface area contributed by atoms with Gasteiger partial charge in [-0.1, -0.05) is 0 Å². The molecule has 0 aromatic heterocycles. The molecule has 0 unspecified atom stereocenters. The molecule has 0 aliphatic carbocycles. The zero-order chi connectivity index (χ0) is 12.3. The lowest BCUT2D eigenvalue weighted by molar-refractivity contribution is -0.153. The highest BCUT2D eigenvalue weighted by Gasteiger charge is 2.39. The Kier molecular flexibility index (Phi) is 3.91. The minimum absolute atomic E-state index is 0.0113. The van der Waals surface area contributed by atoms with Crippen LogP contribution in [0.4, 0.5) is 0 Å². The maximum atomic E-state index is 11.8. The Morgan fingerprint density at radius 3 is 2.56 bits per heavy atom. The van der Waals surface area contributed by atoms with Crippen molar-refractivity contribution in [2.24, 2.45) is 5.41 Å². The first-order chi connectivity index (χ1) is 7.35. The number of hydrogen-bond acceptors (Lipinski definition) is 3. The summed E-state index contributed by atoms with van der Waals surface area (Å²) in [6, 6.07) is 0. The van der Waals surface area contributed by atoms with Crippen LogP contribution in [0, 0.1) is 5.41 Å². The van der Waals surface area contributed by atoms with Gasteiger partial charge >= 0.3 is 5.97 Å². The van der Waals surface area contributed by atoms with Crippen molar-refractivity contribution in [3.63, 3.8) is 0 Å². The van der Waals surface area contributed by atoms with E-state index in [2.05, 4.69) is 0 Å². The lowest BCUT2D eigenvalue weighted by Crippen LogP contribution is -2.50. The van der Waals surface area contributed by atoms with E-state index >= 15 is 0 Å². The molecule has 1 rings (SSSR count). The second-order valence-corrected chi connectivity index (χ2v) is 5.02. The second-order valence-electron chi connectivity index (χ2n) is 5.02. The molecule has 1 N–H and O–H groups in total. The van der Waals surface area contributed by atoms with Gasteiger partial charge in [0, 0.05) is 13.1 Å². The number of likely N-dealkylation sites (N-methyl/N-ethyl adjacent to an activating group) is 1. The minimum Gasteiger partial charge on any atom is -0.481 e. The summed E-state index contributed by atoms with van der Waals surface area (Å²) in [5.41, 5.74) is -0.778. The summed E-state index contributed by atoms with van der Waals surface area (Å²) in [4.78, 5) is 26.4. The lowest BCUT2D eigenvalue weighted by Gasteiger charge is -2.37. The molecule has 1 amide bonds. The maximum Gasteiger partial charge on any atom is 0.311 e. The van der Waals surface area contributed by atoms with Crippen molar-refractivity contribution in [3.8, 4) is 0 Å². The molecule has 0 spiro atoms. The summed E-state index contributed by atoms with van der Waals surface area (Å²) >= 11 is 0. The quantitative estimate of drug-likeness (QED) is 0.752. The van der Waals surface area contributed by atoms with Gasteiger partial charge in [-0.05, 0) is 33.9 Å². The van der Waals surface area contributed by atoms with Gasteiger partial charge in [-0.15, -0.1) is 0 Å². The van der Waals surface area contributed by atoms with Crippen LogP contribution in [0.3, 0.4) is 0 Å². The molecule has 92 valence electrons. The maximum absolute atomic E-state index is 11.8. The zero-order valence-electron chi connectivity index (χ0n) is 10.2. The van der Waals surface area contributed by atoms with Gasteiger partial charge in [0.15, 0.2) is 0 Å². The van der Waals surface area contributed by atoms with Crippen molar-refractivity contribution in [2.75, 3.05) is 33.7 Å². The Labute approximate surface area is 96.0 Å². The van der Waals surface area contributed by atoms with Crippen LogP contribution in [0.15, 0.2) is 0 Å². The largest absolute Gasteiger partial charge is 0.481 e. The van der Waals surface area contributed by atoms with Crippen molar-refractivity contribution in [1.82, 2.24) is 9.80 Å². The van der Waals surface area contributed by atoms with E-state index in [1.54, 1.807) is 16.7 Å². The number of carbonyl (C=O) groups excluding carboxylic acids is 1. The number of amides is 1. The first kappa shape index (κ1) is 13.0. The second kappa shape index (κ2) is 4.82. The molecular weight excluding hydrogens is 208 g/mol. The molecule has 0 bridgehead atoms. The third-order valence-corrected chi connectivity index (χ3v) is 3.02. The molecule has 0 aromatic carbocycles. The number of nitrogens with zero attached hydrogens (tertiary/aromatic N) is 2. The van der Waals surface area contributed by atoms with Crippen LogP contribution in [-0.2, 0) is 9.59 Å². The molecule has 16 heavy (non-hydrogen) atoms. The highest BCUT2D eigenvalue weighted by molar-refractivity contribution is 5.80. The fraction of sp³-hybridized carbons (Fsp3) is 0.818. The SMILES string of the molecule is CN(C)CC(=O)N1CCC[C@](C)(C(=O)O)C1. The van der Waals surface area contributed by atoms with E-state index in [-0.39, 0.29) is 5.91 Å². The van der Waals surface area contributed by atoms with E-state index in [0.717, 1.165) is 6.42 Å². The van der Waals surface area contributed by atoms with Crippen LogP contribution >= 0.6 is 0 Å². The van der Waals surface area contributed by atoms with Crippen LogP contribution in [-0.4, -0.2) is 60.5 Å². The molecule has 5 nitrogen and oxygen atoms in total. The topological polar surface area (TPSA) is 60.9 Å². The van der Waals surface area contributed by atoms with Crippen molar-refractivity contribution >= 4 is 11.9 Å². The fourth-order valence-electron chi connectivity index (χ4n) is 2.00. The molecule has 1 heterocycles. The van der Waals surface area contributed by atoms with E-state index < -0.39 is 11.4 Å². The smallest absolute Gasteiger partial charge is 0.311 e. The molecular formula is C11H20N2O3. The van der Waals surface area contributed by atoms with Gasteiger partial charge < -0.3 is 14.9 Å². The number of rotatable bonds is 3. The van der Waals surface area contributed by atoms with Gasteiger partial charge in [-0.25, -0.2) is 0 Å². The standard InChI is InChI=1S/C11H20N2O3/c1-11(10(15)16)5-4-6-13(8-11)9(14)7-12(2)3/h4-8H2,1-3H3,(H,15,16)/t11-/m0/s1. The predicted octanol–water partition coefficient (Wildman–Crippen LogP) is 0.261. The fourth-order valence-corrected chi connectivity index (χ4v) is 2.00. The van der Waals surface area contributed by atoms with E-state index in [1.807, 2.05) is 14.1 Å². The Morgan fingerprint density at radius 2 is 2.06 bits per heavy atom. The van der Waals surface area contributed by atoms with Gasteiger partial charge in [-0.2, -0.15) is 0 Å². The monoisotopic (exact) mass is 228 g/mol. The highest BCUT2D eigenvalue weighted by Crippen LogP contribution is 2.29. The van der Waals surface area contributed by atoms with Crippen molar-refractivity contribution in [3.05, 3.63) is 0 Å². The molecule has 1 atom stereocenters. The van der Waals surface area contributed by atoms with E-state index in [0.29, 0.717) is 26.1 Å². The first-order valence-corrected chi connectivity index (χ1v) is 5.51. The summed E-state index contributed by atoms with van der Waals surface area (Å²) in [6.07, 6.45) is 1.41. The Bertz CT molecular complexity index is 291. The highest BCUT2D eigenvalue weighted by atomic mass is 16.4. The number of piperidine rings is 1. The third kappa shape index (κ3) is 2.95. The van der Waals surface area contributed by atoms with Gasteiger partial charge in [0.1, 0.15) is 0 Å². The van der Waals surface area contributed by atoms with Gasteiger partial charge in [0.2, 0.25) is 5.91 Å². The summed E-state index contributed by atoms with van der Waals surface area (Å²) in [5, 5.41) is 9.13. The number of carboxylic acid groups (broad SMARTS) is 1. The number of carboxylic acids is 1. The molecule has 0 radical (unpaired) electrons. The average Bonchev–Trinajstić information content (AvgIpc) is 2.16. The molecule has 5 heteroatoms. The molecule has 1 aliphatic heterocycles. The van der Waals surface area contributed by atoms with Crippen LogP contribution in [0.2, 0.25) is 0 Å². The zero-order valence-corrected chi connectivity index (χ0v) is 10.2. The summed E-state index contributed by atoms with van der Waals surface area (Å²) in [7, 11) is 3.66. The van der Waals surface area contributed by atoms with Crippen molar-refractivity contribution in [2.45, 2.75) is 19.8 Å². The summed E-state index contributed by atoms with van der Waals surface area (Å²) < 4.78 is 0. The minimum atomic E-state index is -0.810. The molecule has 1 fully saturated rings. The van der Waals surface area contributed by atoms with Gasteiger partial charge in [-0.3, -0.25) is 9.59 Å². The predicted molar refractivity (Wildman–Crippen MR) is 60.1 cm³/mol. The summed E-state index contributed by atoms with van der Waals surface area (Å²) in [5.74, 6) is -0.799. The molecule has 1 aliphatic rings. The molecule has 1 saturated heterocycles. The normalized spacial score (nSPS) is 25.9. The van der Waals surface area contributed by atoms with Crippen molar-refractivity contribution in [1.29, 1.82) is 0 Å². The van der Waals surface area contributed by atoms with Gasteiger partial charge in [0.05, 0.1) is 12.0 Å². The Balaban J connectivity index is 2.63. The number of likely N-dealkylation sites (tertiary alicyclic amines) is 1. The van der Waals surface area contributed by atoms with Crippen LogP contribution in [0.5, 0.6) is 0 Å². The third-order valence-electron chi connectivity index (χ3n) is 3.02. The van der Waals surface area contributed by atoms with Crippen molar-refractivity contribution < 1.29 is 14.7 Å². The Hall–Kier alpha value is -1.10. The lowest BCUT2D eigenvalue weighted by atomic mass is 9.82. The van der Waals surface area contributed by atoms with Crippen LogP contribution in [0.25, 0.3) is 0 Å². The first-order valence-electron chi connectivity index (χ1n) is 5.51. The molecule has 0 saturated carbocycles. The van der Waals surface area contributed by atoms with E-state index in [1.165, 1.54) is 0 Å². The average molecular weight is 228 g/mol.